The molecule has 0 saturated heterocycles. The smallest absolute Gasteiger partial charge is 0.319 e. The van der Waals surface area contributed by atoms with Crippen molar-refractivity contribution in [3.63, 3.8) is 0 Å². The van der Waals surface area contributed by atoms with Crippen LogP contribution in [0.5, 0.6) is 5.75 Å². The van der Waals surface area contributed by atoms with Crippen LogP contribution in [0, 0.1) is 0 Å². The zero-order valence-corrected chi connectivity index (χ0v) is 9.20. The third kappa shape index (κ3) is 3.50. The highest BCUT2D eigenvalue weighted by Crippen LogP contribution is 2.24. The van der Waals surface area contributed by atoms with Crippen molar-refractivity contribution in [2.24, 2.45) is 0 Å². The van der Waals surface area contributed by atoms with Crippen LogP contribution in [0.3, 0.4) is 0 Å². The Morgan fingerprint density at radius 2 is 2.00 bits per heavy atom. The maximum atomic E-state index is 11.1. The Morgan fingerprint density at radius 1 is 1.33 bits per heavy atom. The van der Waals surface area contributed by atoms with Crippen LogP contribution in [0.15, 0.2) is 24.3 Å². The molecule has 0 atom stereocenters. The van der Waals surface area contributed by atoms with E-state index in [-0.39, 0.29) is 12.1 Å². The number of para-hydroxylation sites is 2. The molecule has 0 aliphatic heterocycles. The molecule has 15 heavy (non-hydrogen) atoms. The molecule has 1 aromatic rings. The molecule has 0 spiro atoms. The van der Waals surface area contributed by atoms with Crippen LogP contribution in [-0.2, 0) is 0 Å². The third-order valence-electron chi connectivity index (χ3n) is 1.72. The van der Waals surface area contributed by atoms with E-state index in [1.165, 1.54) is 0 Å². The van der Waals surface area contributed by atoms with Crippen LogP contribution in [0.25, 0.3) is 0 Å². The minimum absolute atomic E-state index is 0.0811. The number of ether oxygens (including phenoxy) is 1. The lowest BCUT2D eigenvalue weighted by Gasteiger charge is -2.14. The minimum atomic E-state index is -0.255. The molecular formula is C11H16N2O2. The van der Waals surface area contributed by atoms with Crippen molar-refractivity contribution in [1.29, 1.82) is 0 Å². The molecule has 0 aliphatic rings. The fourth-order valence-corrected chi connectivity index (χ4v) is 1.11. The zero-order valence-electron chi connectivity index (χ0n) is 9.20. The van der Waals surface area contributed by atoms with Gasteiger partial charge in [-0.05, 0) is 26.0 Å². The number of hydrogen-bond donors (Lipinski definition) is 2. The molecule has 4 nitrogen and oxygen atoms in total. The standard InChI is InChI=1S/C11H16N2O2/c1-8(2)15-10-7-5-4-6-9(10)13-11(14)12-3/h4-8H,1-3H3,(H2,12,13,14). The molecule has 2 N–H and O–H groups in total. The van der Waals surface area contributed by atoms with E-state index < -0.39 is 0 Å². The van der Waals surface area contributed by atoms with Crippen LogP contribution >= 0.6 is 0 Å². The van der Waals surface area contributed by atoms with E-state index in [4.69, 9.17) is 4.74 Å². The molecule has 2 amide bonds. The van der Waals surface area contributed by atoms with Crippen LogP contribution < -0.4 is 15.4 Å². The van der Waals surface area contributed by atoms with Crippen LogP contribution in [0.4, 0.5) is 10.5 Å². The van der Waals surface area contributed by atoms with Crippen molar-refractivity contribution in [2.75, 3.05) is 12.4 Å². The Morgan fingerprint density at radius 3 is 2.60 bits per heavy atom. The Labute approximate surface area is 89.6 Å². The summed E-state index contributed by atoms with van der Waals surface area (Å²) in [5.41, 5.74) is 0.672. The predicted molar refractivity (Wildman–Crippen MR) is 60.3 cm³/mol. The van der Waals surface area contributed by atoms with Gasteiger partial charge >= 0.3 is 6.03 Å². The van der Waals surface area contributed by atoms with Gasteiger partial charge in [-0.1, -0.05) is 12.1 Å². The normalized spacial score (nSPS) is 9.87. The summed E-state index contributed by atoms with van der Waals surface area (Å²) < 4.78 is 5.55. The first-order valence-electron chi connectivity index (χ1n) is 4.88. The topological polar surface area (TPSA) is 50.4 Å². The van der Waals surface area contributed by atoms with Gasteiger partial charge in [-0.3, -0.25) is 0 Å². The second kappa shape index (κ2) is 5.24. The van der Waals surface area contributed by atoms with Crippen LogP contribution in [0.2, 0.25) is 0 Å². The average Bonchev–Trinajstić information content (AvgIpc) is 2.20. The summed E-state index contributed by atoms with van der Waals surface area (Å²) in [6, 6.07) is 7.08. The maximum absolute atomic E-state index is 11.1. The molecular weight excluding hydrogens is 192 g/mol. The summed E-state index contributed by atoms with van der Waals surface area (Å²) in [6.07, 6.45) is 0.0811. The lowest BCUT2D eigenvalue weighted by atomic mass is 10.3. The molecule has 1 aromatic carbocycles. The molecule has 0 bridgehead atoms. The first kappa shape index (κ1) is 11.4. The van der Waals surface area contributed by atoms with Gasteiger partial charge in [0.1, 0.15) is 5.75 Å². The molecule has 0 heterocycles. The van der Waals surface area contributed by atoms with Crippen molar-refractivity contribution in [1.82, 2.24) is 5.32 Å². The Kier molecular flexibility index (Phi) is 3.97. The lowest BCUT2D eigenvalue weighted by Crippen LogP contribution is -2.25. The third-order valence-corrected chi connectivity index (χ3v) is 1.72. The SMILES string of the molecule is CNC(=O)Nc1ccccc1OC(C)C. The first-order chi connectivity index (χ1) is 7.13. The maximum Gasteiger partial charge on any atom is 0.319 e. The predicted octanol–water partition coefficient (Wildman–Crippen LogP) is 2.23. The number of urea groups is 1. The largest absolute Gasteiger partial charge is 0.489 e. The molecule has 0 fully saturated rings. The lowest BCUT2D eigenvalue weighted by molar-refractivity contribution is 0.242. The highest BCUT2D eigenvalue weighted by molar-refractivity contribution is 5.90. The van der Waals surface area contributed by atoms with Gasteiger partial charge in [-0.25, -0.2) is 4.79 Å². The van der Waals surface area contributed by atoms with Gasteiger partial charge in [-0.15, -0.1) is 0 Å². The molecule has 0 unspecified atom stereocenters. The van der Waals surface area contributed by atoms with Crippen LogP contribution in [-0.4, -0.2) is 19.2 Å². The summed E-state index contributed by atoms with van der Waals surface area (Å²) in [5.74, 6) is 0.677. The highest BCUT2D eigenvalue weighted by Gasteiger charge is 2.06. The number of carbonyl (C=O) groups excluding carboxylic acids is 1. The summed E-state index contributed by atoms with van der Waals surface area (Å²) in [4.78, 5) is 11.1. The molecule has 4 heteroatoms. The van der Waals surface area contributed by atoms with E-state index in [0.29, 0.717) is 11.4 Å². The van der Waals surface area contributed by atoms with E-state index in [1.807, 2.05) is 32.0 Å². The van der Waals surface area contributed by atoms with E-state index in [1.54, 1.807) is 13.1 Å². The average molecular weight is 208 g/mol. The molecule has 82 valence electrons. The zero-order chi connectivity index (χ0) is 11.3. The van der Waals surface area contributed by atoms with E-state index in [2.05, 4.69) is 10.6 Å². The van der Waals surface area contributed by atoms with Crippen LogP contribution in [0.1, 0.15) is 13.8 Å². The Bertz CT molecular complexity index is 337. The van der Waals surface area contributed by atoms with Gasteiger partial charge in [0.2, 0.25) is 0 Å². The Balaban J connectivity index is 2.81. The number of rotatable bonds is 3. The van der Waals surface area contributed by atoms with Crippen molar-refractivity contribution < 1.29 is 9.53 Å². The number of nitrogens with one attached hydrogen (secondary N) is 2. The fraction of sp³-hybridized carbons (Fsp3) is 0.364. The number of amides is 2. The monoisotopic (exact) mass is 208 g/mol. The van der Waals surface area contributed by atoms with Gasteiger partial charge in [-0.2, -0.15) is 0 Å². The quantitative estimate of drug-likeness (QED) is 0.800. The summed E-state index contributed by atoms with van der Waals surface area (Å²) in [7, 11) is 1.57. The molecule has 0 aliphatic carbocycles. The first-order valence-corrected chi connectivity index (χ1v) is 4.88. The summed E-state index contributed by atoms with van der Waals surface area (Å²) in [6.45, 7) is 3.88. The van der Waals surface area contributed by atoms with Gasteiger partial charge in [0.05, 0.1) is 11.8 Å². The van der Waals surface area contributed by atoms with E-state index in [0.717, 1.165) is 0 Å². The number of carbonyl (C=O) groups is 1. The van der Waals surface area contributed by atoms with Gasteiger partial charge in [0.25, 0.3) is 0 Å². The Hall–Kier alpha value is -1.71. The van der Waals surface area contributed by atoms with E-state index >= 15 is 0 Å². The molecule has 0 saturated carbocycles. The van der Waals surface area contributed by atoms with Crippen molar-refractivity contribution in [3.8, 4) is 5.75 Å². The number of anilines is 1. The van der Waals surface area contributed by atoms with Gasteiger partial charge in [0.15, 0.2) is 0 Å². The minimum Gasteiger partial charge on any atom is -0.489 e. The second-order valence-electron chi connectivity index (χ2n) is 3.37. The van der Waals surface area contributed by atoms with E-state index in [9.17, 15) is 4.79 Å². The number of benzene rings is 1. The van der Waals surface area contributed by atoms with Gasteiger partial charge < -0.3 is 15.4 Å². The van der Waals surface area contributed by atoms with Crippen molar-refractivity contribution in [3.05, 3.63) is 24.3 Å². The summed E-state index contributed by atoms with van der Waals surface area (Å²) in [5, 5.41) is 5.18. The van der Waals surface area contributed by atoms with Crippen molar-refractivity contribution >= 4 is 11.7 Å². The molecule has 1 rings (SSSR count). The second-order valence-corrected chi connectivity index (χ2v) is 3.37. The molecule has 0 aromatic heterocycles. The molecule has 0 radical (unpaired) electrons. The number of hydrogen-bond acceptors (Lipinski definition) is 2. The van der Waals surface area contributed by atoms with Crippen molar-refractivity contribution in [2.45, 2.75) is 20.0 Å². The summed E-state index contributed by atoms with van der Waals surface area (Å²) >= 11 is 0. The fourth-order valence-electron chi connectivity index (χ4n) is 1.11. The highest BCUT2D eigenvalue weighted by atomic mass is 16.5. The van der Waals surface area contributed by atoms with Gasteiger partial charge in [0, 0.05) is 7.05 Å².